The first-order valence-electron chi connectivity index (χ1n) is 12.4. The Morgan fingerprint density at radius 2 is 1.03 bits per heavy atom. The molecule has 0 unspecified atom stereocenters. The maximum Gasteiger partial charge on any atom is 0.480 e. The van der Waals surface area contributed by atoms with Crippen LogP contribution < -0.4 is 4.57 Å². The van der Waals surface area contributed by atoms with E-state index in [9.17, 15) is 43.2 Å². The van der Waals surface area contributed by atoms with Crippen molar-refractivity contribution in [3.8, 4) is 0 Å². The molecule has 1 rings (SSSR count). The smallest absolute Gasteiger partial charge is 0.421 e. The minimum atomic E-state index is -6.72. The van der Waals surface area contributed by atoms with Gasteiger partial charge in [0.05, 0.1) is 13.6 Å². The number of alkyl halides is 6. The summed E-state index contributed by atoms with van der Waals surface area (Å²) < 4.78 is 114. The zero-order chi connectivity index (χ0) is 28.6. The highest BCUT2D eigenvalue weighted by molar-refractivity contribution is 8.13. The van der Waals surface area contributed by atoms with Crippen LogP contribution >= 0.6 is 0 Å². The van der Waals surface area contributed by atoms with Crippen LogP contribution in [-0.2, 0) is 33.6 Å². The van der Waals surface area contributed by atoms with E-state index in [1.165, 1.54) is 96.4 Å². The fourth-order valence-corrected chi connectivity index (χ4v) is 5.05. The first kappa shape index (κ1) is 35.6. The molecule has 1 aromatic heterocycles. The Bertz CT molecular complexity index is 904. The molecule has 220 valence electrons. The number of halogens is 6. The van der Waals surface area contributed by atoms with Gasteiger partial charge in [0.2, 0.25) is 6.33 Å². The van der Waals surface area contributed by atoms with Gasteiger partial charge in [-0.3, -0.25) is 0 Å². The third-order valence-electron chi connectivity index (χ3n) is 5.37. The molecule has 0 aliphatic rings. The van der Waals surface area contributed by atoms with E-state index in [1.54, 1.807) is 0 Å². The Morgan fingerprint density at radius 3 is 1.32 bits per heavy atom. The van der Waals surface area contributed by atoms with Crippen molar-refractivity contribution in [3.63, 3.8) is 0 Å². The Hall–Kier alpha value is -1.35. The summed E-state index contributed by atoms with van der Waals surface area (Å²) in [5.41, 5.74) is -12.4. The fourth-order valence-electron chi connectivity index (χ4n) is 3.34. The molecule has 0 aliphatic heterocycles. The second kappa shape index (κ2) is 17.3. The summed E-state index contributed by atoms with van der Waals surface area (Å²) >= 11 is 0. The van der Waals surface area contributed by atoms with Crippen molar-refractivity contribution in [2.75, 3.05) is 0 Å². The van der Waals surface area contributed by atoms with Crippen LogP contribution in [0.25, 0.3) is 4.13 Å². The fraction of sp³-hybridized carbons (Fsp3) is 0.864. The molecule has 0 saturated heterocycles. The van der Waals surface area contributed by atoms with Gasteiger partial charge in [0.25, 0.3) is 0 Å². The molecule has 0 bridgehead atoms. The lowest BCUT2D eigenvalue weighted by Gasteiger charge is -2.22. The lowest BCUT2D eigenvalue weighted by molar-refractivity contribution is -0.671. The van der Waals surface area contributed by atoms with E-state index in [0.29, 0.717) is 0 Å². The third kappa shape index (κ3) is 16.3. The van der Waals surface area contributed by atoms with Crippen LogP contribution in [0, 0.1) is 0 Å². The summed E-state index contributed by atoms with van der Waals surface area (Å²) in [5.74, 6) is 0. The zero-order valence-corrected chi connectivity index (χ0v) is 23.0. The van der Waals surface area contributed by atoms with Crippen LogP contribution in [0.3, 0.4) is 0 Å². The van der Waals surface area contributed by atoms with Crippen molar-refractivity contribution in [2.45, 2.75) is 114 Å². The van der Waals surface area contributed by atoms with Gasteiger partial charge in [-0.05, 0) is 12.8 Å². The summed E-state index contributed by atoms with van der Waals surface area (Å²) in [6, 6.07) is 0. The second-order valence-corrected chi connectivity index (χ2v) is 12.3. The number of imidazole rings is 1. The maximum atomic E-state index is 11.4. The molecule has 0 atom stereocenters. The Balaban J connectivity index is 0.000000757. The van der Waals surface area contributed by atoms with Gasteiger partial charge < -0.3 is 4.13 Å². The molecule has 0 spiro atoms. The van der Waals surface area contributed by atoms with E-state index in [2.05, 4.69) is 41.8 Å². The van der Waals surface area contributed by atoms with E-state index < -0.39 is 31.1 Å². The Labute approximate surface area is 216 Å². The normalized spacial score (nSPS) is 12.9. The van der Waals surface area contributed by atoms with Crippen molar-refractivity contribution in [3.05, 3.63) is 22.8 Å². The molecule has 7 nitrogen and oxygen atoms in total. The summed E-state index contributed by atoms with van der Waals surface area (Å²) in [6.45, 7) is 3.47. The molecular formula is C22H39F6N3O4S2. The summed E-state index contributed by atoms with van der Waals surface area (Å²) in [4.78, 5) is 0. The van der Waals surface area contributed by atoms with Gasteiger partial charge in [-0.1, -0.05) is 84.0 Å². The molecule has 0 amide bonds. The molecule has 15 heteroatoms. The molecule has 0 N–H and O–H groups in total. The molecule has 0 aromatic carbocycles. The highest BCUT2D eigenvalue weighted by Gasteiger charge is 2.46. The number of unbranched alkanes of at least 4 members (excludes halogenated alkanes) is 13. The van der Waals surface area contributed by atoms with Crippen molar-refractivity contribution < 1.29 is 47.7 Å². The third-order valence-corrected chi connectivity index (χ3v) is 8.11. The molecule has 1 heterocycles. The predicted octanol–water partition coefficient (Wildman–Crippen LogP) is 6.85. The highest BCUT2D eigenvalue weighted by atomic mass is 32.3. The van der Waals surface area contributed by atoms with E-state index in [4.69, 9.17) is 0 Å². The van der Waals surface area contributed by atoms with Crippen molar-refractivity contribution >= 4 is 20.0 Å². The average Bonchev–Trinajstić information content (AvgIpc) is 3.17. The van der Waals surface area contributed by atoms with Gasteiger partial charge in [0.1, 0.15) is 12.4 Å². The van der Waals surface area contributed by atoms with Gasteiger partial charge >= 0.3 is 11.0 Å². The summed E-state index contributed by atoms with van der Waals surface area (Å²) in [5, 5.41) is 0. The SMILES string of the molecule is CCCCCCCCCCCCCCCCn1cc[n+](C)c1.O=S(=O)([N-]S(=O)(=O)C(F)(F)F)C(F)(F)F. The predicted molar refractivity (Wildman–Crippen MR) is 129 cm³/mol. The first-order valence-corrected chi connectivity index (χ1v) is 15.3. The van der Waals surface area contributed by atoms with E-state index in [1.807, 2.05) is 0 Å². The van der Waals surface area contributed by atoms with Crippen LogP contribution in [0.2, 0.25) is 0 Å². The molecule has 0 aliphatic carbocycles. The van der Waals surface area contributed by atoms with Crippen LogP contribution in [0.1, 0.15) is 96.8 Å². The van der Waals surface area contributed by atoms with E-state index in [-0.39, 0.29) is 0 Å². The number of aromatic nitrogens is 2. The van der Waals surface area contributed by atoms with Crippen LogP contribution in [0.4, 0.5) is 26.3 Å². The van der Waals surface area contributed by atoms with Crippen LogP contribution in [0.15, 0.2) is 18.7 Å². The quantitative estimate of drug-likeness (QED) is 0.113. The van der Waals surface area contributed by atoms with E-state index >= 15 is 0 Å². The van der Waals surface area contributed by atoms with Crippen LogP contribution in [-0.4, -0.2) is 32.4 Å². The molecule has 37 heavy (non-hydrogen) atoms. The molecule has 0 fully saturated rings. The summed E-state index contributed by atoms with van der Waals surface area (Å²) in [6.07, 6.45) is 26.5. The van der Waals surface area contributed by atoms with Gasteiger partial charge in [0, 0.05) is 0 Å². The summed E-state index contributed by atoms with van der Waals surface area (Å²) in [7, 11) is -11.4. The number of sulfonamides is 2. The lowest BCUT2D eigenvalue weighted by Crippen LogP contribution is -2.30. The lowest BCUT2D eigenvalue weighted by atomic mass is 10.0. The Morgan fingerprint density at radius 1 is 0.676 bits per heavy atom. The largest absolute Gasteiger partial charge is 0.480 e. The van der Waals surface area contributed by atoms with Crippen molar-refractivity contribution in [2.24, 2.45) is 7.05 Å². The number of rotatable bonds is 17. The minimum Gasteiger partial charge on any atom is -0.421 e. The zero-order valence-electron chi connectivity index (χ0n) is 21.4. The minimum absolute atomic E-state index is 0.778. The highest BCUT2D eigenvalue weighted by Crippen LogP contribution is 2.36. The van der Waals surface area contributed by atoms with E-state index in [0.717, 1.165) is 4.13 Å². The number of aryl methyl sites for hydroxylation is 2. The molecule has 1 aromatic rings. The molecule has 0 saturated carbocycles. The van der Waals surface area contributed by atoms with Gasteiger partial charge in [0.15, 0.2) is 20.0 Å². The molecular weight excluding hydrogens is 548 g/mol. The Kier molecular flexibility index (Phi) is 16.6. The first-order chi connectivity index (χ1) is 17.0. The van der Waals surface area contributed by atoms with Crippen molar-refractivity contribution in [1.29, 1.82) is 0 Å². The monoisotopic (exact) mass is 587 g/mol. The topological polar surface area (TPSA) is 91.2 Å². The van der Waals surface area contributed by atoms with Crippen molar-refractivity contribution in [1.82, 2.24) is 4.57 Å². The van der Waals surface area contributed by atoms with Gasteiger partial charge in [-0.25, -0.2) is 26.0 Å². The number of nitrogens with zero attached hydrogens (tertiary/aromatic N) is 3. The van der Waals surface area contributed by atoms with Gasteiger partial charge in [-0.15, -0.1) is 0 Å². The second-order valence-electron chi connectivity index (χ2n) is 8.83. The maximum absolute atomic E-state index is 11.4. The van der Waals surface area contributed by atoms with Crippen LogP contribution in [0.5, 0.6) is 0 Å². The van der Waals surface area contributed by atoms with Gasteiger partial charge in [-0.2, -0.15) is 26.3 Å². The number of hydrogen-bond acceptors (Lipinski definition) is 4. The molecule has 0 radical (unpaired) electrons. The average molecular weight is 588 g/mol. The number of hydrogen-bond donors (Lipinski definition) is 0. The standard InChI is InChI=1S/C20H39N2.C2F6NO4S2/c1-3-4-5-6-7-8-9-10-11-12-13-14-15-16-17-22-19-18-21(2)20-22;3-1(4,5)14(10,11)9-15(12,13)2(6,7)8/h18-20H,3-17H2,1-2H3;/q+1;-1.